The minimum atomic E-state index is -0.831. The minimum absolute atomic E-state index is 0.158. The van der Waals surface area contributed by atoms with Gasteiger partial charge in [-0.15, -0.1) is 0 Å². The van der Waals surface area contributed by atoms with Crippen molar-refractivity contribution in [3.63, 3.8) is 0 Å². The molecule has 3 N–H and O–H groups in total. The first-order valence-corrected chi connectivity index (χ1v) is 11.9. The van der Waals surface area contributed by atoms with E-state index in [2.05, 4.69) is 63.0 Å². The number of hydrogen-bond donors (Lipinski definition) is 3. The van der Waals surface area contributed by atoms with E-state index in [-0.39, 0.29) is 22.9 Å². The molecule has 1 heterocycles. The van der Waals surface area contributed by atoms with Gasteiger partial charge in [-0.3, -0.25) is 0 Å². The van der Waals surface area contributed by atoms with Crippen molar-refractivity contribution in [3.05, 3.63) is 47.2 Å². The lowest BCUT2D eigenvalue weighted by Crippen LogP contribution is -2.63. The molecule has 0 unspecified atom stereocenters. The number of benzene rings is 1. The van der Waals surface area contributed by atoms with Gasteiger partial charge in [0, 0.05) is 16.3 Å². The summed E-state index contributed by atoms with van der Waals surface area (Å²) in [5.74, 6) is 0.597. The Labute approximate surface area is 180 Å². The van der Waals surface area contributed by atoms with Crippen molar-refractivity contribution in [2.45, 2.75) is 84.3 Å². The van der Waals surface area contributed by atoms with E-state index in [1.54, 1.807) is 0 Å². The summed E-state index contributed by atoms with van der Waals surface area (Å²) >= 11 is 0. The van der Waals surface area contributed by atoms with Gasteiger partial charge in [0.15, 0.2) is 0 Å². The van der Waals surface area contributed by atoms with Crippen LogP contribution in [0.15, 0.2) is 35.9 Å². The van der Waals surface area contributed by atoms with E-state index in [1.807, 2.05) is 0 Å². The van der Waals surface area contributed by atoms with Gasteiger partial charge in [0.1, 0.15) is 5.60 Å². The fraction of sp³-hybridized carbons (Fsp3) is 0.630. The second kappa shape index (κ2) is 6.71. The van der Waals surface area contributed by atoms with Crippen LogP contribution in [0.3, 0.4) is 0 Å². The van der Waals surface area contributed by atoms with Crippen molar-refractivity contribution in [3.8, 4) is 0 Å². The van der Waals surface area contributed by atoms with E-state index in [0.29, 0.717) is 5.92 Å². The van der Waals surface area contributed by atoms with Crippen LogP contribution >= 0.6 is 0 Å². The third-order valence-electron chi connectivity index (χ3n) is 9.41. The van der Waals surface area contributed by atoms with E-state index >= 15 is 0 Å². The van der Waals surface area contributed by atoms with Gasteiger partial charge in [-0.2, -0.15) is 0 Å². The van der Waals surface area contributed by atoms with Crippen LogP contribution in [0, 0.1) is 22.7 Å². The molecule has 6 atom stereocenters. The summed E-state index contributed by atoms with van der Waals surface area (Å²) in [6.45, 7) is 8.92. The Kier molecular flexibility index (Phi) is 4.55. The predicted octanol–water partition coefficient (Wildman–Crippen LogP) is 5.85. The average Bonchev–Trinajstić information content (AvgIpc) is 3.21. The fourth-order valence-electron chi connectivity index (χ4n) is 7.78. The van der Waals surface area contributed by atoms with Gasteiger partial charge in [0.05, 0.1) is 11.8 Å². The van der Waals surface area contributed by atoms with E-state index in [4.69, 9.17) is 0 Å². The van der Waals surface area contributed by atoms with Crippen LogP contribution in [-0.2, 0) is 12.0 Å². The van der Waals surface area contributed by atoms with Crippen LogP contribution in [0.5, 0.6) is 0 Å². The topological polar surface area (TPSA) is 56.2 Å². The molecule has 0 saturated heterocycles. The Bertz CT molecular complexity index is 1000. The molecule has 30 heavy (non-hydrogen) atoms. The Morgan fingerprint density at radius 2 is 1.93 bits per heavy atom. The molecule has 3 heteroatoms. The molecular formula is C27H37NO2. The maximum atomic E-state index is 12.5. The molecule has 162 valence electrons. The molecule has 0 amide bonds. The standard InChI is InChI=1S/C27H37NO2/c1-17(2)8-7-14-25(3)22-12-11-18-16-20-19-9-5-6-10-21(19)28-24(20)27(18,30)26(22,4)15-13-23(25)29/h5-6,8-10,18,22-23,28-30H,7,11-16H2,1-4H3/t18-,22-,23-,25-,26-,27+/m0/s1. The van der Waals surface area contributed by atoms with Crippen LogP contribution < -0.4 is 0 Å². The summed E-state index contributed by atoms with van der Waals surface area (Å²) in [5, 5.41) is 25.0. The Hall–Kier alpha value is -1.58. The van der Waals surface area contributed by atoms with Gasteiger partial charge < -0.3 is 15.2 Å². The van der Waals surface area contributed by atoms with Gasteiger partial charge in [0.25, 0.3) is 0 Å². The molecule has 2 aromatic rings. The van der Waals surface area contributed by atoms with Crippen molar-refractivity contribution >= 4 is 10.9 Å². The summed E-state index contributed by atoms with van der Waals surface area (Å²) in [6, 6.07) is 8.49. The summed E-state index contributed by atoms with van der Waals surface area (Å²) in [6.07, 6.45) is 8.78. The van der Waals surface area contributed by atoms with Gasteiger partial charge in [-0.1, -0.05) is 43.7 Å². The van der Waals surface area contributed by atoms with Crippen LogP contribution in [0.4, 0.5) is 0 Å². The van der Waals surface area contributed by atoms with Crippen molar-refractivity contribution in [1.82, 2.24) is 4.98 Å². The SMILES string of the molecule is CC(C)=CCC[C@]1(C)[C@@H](O)CC[C@@]2(C)[C@H]1CC[C@H]1Cc3c([nH]c4ccccc34)[C@]12O. The van der Waals surface area contributed by atoms with Gasteiger partial charge in [0.2, 0.25) is 0 Å². The summed E-state index contributed by atoms with van der Waals surface area (Å²) in [5.41, 5.74) is 3.67. The van der Waals surface area contributed by atoms with Crippen molar-refractivity contribution < 1.29 is 10.2 Å². The zero-order valence-corrected chi connectivity index (χ0v) is 19.0. The fourth-order valence-corrected chi connectivity index (χ4v) is 7.78. The lowest BCUT2D eigenvalue weighted by atomic mass is 9.43. The second-order valence-corrected chi connectivity index (χ2v) is 11.1. The molecule has 0 bridgehead atoms. The molecule has 3 aliphatic rings. The molecule has 2 fully saturated rings. The summed E-state index contributed by atoms with van der Waals surface area (Å²) in [4.78, 5) is 3.65. The molecule has 0 spiro atoms. The van der Waals surface area contributed by atoms with E-state index in [9.17, 15) is 10.2 Å². The number of aliphatic hydroxyl groups excluding tert-OH is 1. The largest absolute Gasteiger partial charge is 0.393 e. The molecule has 1 aromatic carbocycles. The molecule has 2 saturated carbocycles. The average molecular weight is 408 g/mol. The smallest absolute Gasteiger partial charge is 0.113 e. The van der Waals surface area contributed by atoms with Gasteiger partial charge in [-0.05, 0) is 87.7 Å². The highest BCUT2D eigenvalue weighted by atomic mass is 16.3. The number of allylic oxidation sites excluding steroid dienone is 2. The first-order valence-electron chi connectivity index (χ1n) is 11.9. The third-order valence-corrected chi connectivity index (χ3v) is 9.41. The van der Waals surface area contributed by atoms with Gasteiger partial charge in [-0.25, -0.2) is 0 Å². The Morgan fingerprint density at radius 3 is 2.70 bits per heavy atom. The lowest BCUT2D eigenvalue weighted by molar-refractivity contribution is -0.239. The Morgan fingerprint density at radius 1 is 1.17 bits per heavy atom. The minimum Gasteiger partial charge on any atom is -0.393 e. The van der Waals surface area contributed by atoms with Gasteiger partial charge >= 0.3 is 0 Å². The van der Waals surface area contributed by atoms with Crippen molar-refractivity contribution in [2.24, 2.45) is 22.7 Å². The zero-order chi connectivity index (χ0) is 21.3. The molecule has 3 aliphatic carbocycles. The van der Waals surface area contributed by atoms with Crippen LogP contribution in [0.1, 0.15) is 77.5 Å². The molecule has 3 nitrogen and oxygen atoms in total. The first-order chi connectivity index (χ1) is 14.2. The number of hydrogen-bond acceptors (Lipinski definition) is 2. The number of para-hydroxylation sites is 1. The molecular weight excluding hydrogens is 370 g/mol. The molecule has 1 aromatic heterocycles. The van der Waals surface area contributed by atoms with Crippen molar-refractivity contribution in [2.75, 3.05) is 0 Å². The zero-order valence-electron chi connectivity index (χ0n) is 19.0. The molecule has 0 aliphatic heterocycles. The molecule has 5 rings (SSSR count). The predicted molar refractivity (Wildman–Crippen MR) is 122 cm³/mol. The van der Waals surface area contributed by atoms with Crippen molar-refractivity contribution in [1.29, 1.82) is 0 Å². The quantitative estimate of drug-likeness (QED) is 0.559. The number of aliphatic hydroxyl groups is 2. The van der Waals surface area contributed by atoms with Crippen LogP contribution in [0.25, 0.3) is 10.9 Å². The number of rotatable bonds is 3. The second-order valence-electron chi connectivity index (χ2n) is 11.1. The number of aromatic amines is 1. The summed E-state index contributed by atoms with van der Waals surface area (Å²) < 4.78 is 0. The number of fused-ring (bicyclic) bond motifs is 7. The highest BCUT2D eigenvalue weighted by Gasteiger charge is 2.68. The maximum Gasteiger partial charge on any atom is 0.113 e. The Balaban J connectivity index is 1.59. The molecule has 0 radical (unpaired) electrons. The number of aromatic nitrogens is 1. The van der Waals surface area contributed by atoms with Crippen LogP contribution in [0.2, 0.25) is 0 Å². The van der Waals surface area contributed by atoms with Crippen LogP contribution in [-0.4, -0.2) is 21.3 Å². The number of nitrogens with one attached hydrogen (secondary N) is 1. The van der Waals surface area contributed by atoms with E-state index in [1.165, 1.54) is 16.5 Å². The third kappa shape index (κ3) is 2.51. The lowest BCUT2D eigenvalue weighted by Gasteiger charge is -2.63. The highest BCUT2D eigenvalue weighted by Crippen LogP contribution is 2.69. The summed E-state index contributed by atoms with van der Waals surface area (Å²) in [7, 11) is 0. The van der Waals surface area contributed by atoms with E-state index in [0.717, 1.165) is 56.2 Å². The number of H-pyrrole nitrogens is 1. The first kappa shape index (κ1) is 20.3. The maximum absolute atomic E-state index is 12.5. The highest BCUT2D eigenvalue weighted by molar-refractivity contribution is 5.86. The normalized spacial score (nSPS) is 40.0. The monoisotopic (exact) mass is 407 g/mol. The van der Waals surface area contributed by atoms with E-state index < -0.39 is 5.60 Å².